The van der Waals surface area contributed by atoms with Gasteiger partial charge in [-0.3, -0.25) is 4.79 Å². The molecule has 0 atom stereocenters. The molecule has 1 aliphatic heterocycles. The molecule has 0 spiro atoms. The third kappa shape index (κ3) is 5.41. The maximum Gasteiger partial charge on any atom is 0.337 e. The molecule has 0 aliphatic carbocycles. The first-order valence-electron chi connectivity index (χ1n) is 7.51. The number of likely N-dealkylation sites (tertiary alicyclic amines) is 1. The number of amides is 1. The van der Waals surface area contributed by atoms with Gasteiger partial charge >= 0.3 is 5.97 Å². The van der Waals surface area contributed by atoms with Crippen molar-refractivity contribution in [1.82, 2.24) is 10.2 Å². The van der Waals surface area contributed by atoms with Crippen LogP contribution in [0, 0.1) is 0 Å². The molecule has 1 aromatic rings. The molecule has 1 amide bonds. The highest BCUT2D eigenvalue weighted by Crippen LogP contribution is 2.18. The maximum absolute atomic E-state index is 11.8. The molecular formula is C16H24ClN3O3. The number of anilines is 1. The molecule has 1 aliphatic rings. The van der Waals surface area contributed by atoms with Gasteiger partial charge in [0.2, 0.25) is 5.91 Å². The highest BCUT2D eigenvalue weighted by molar-refractivity contribution is 5.90. The highest BCUT2D eigenvalue weighted by atomic mass is 35.5. The number of nitrogens with one attached hydrogen (secondary N) is 2. The fourth-order valence-electron chi connectivity index (χ4n) is 2.63. The van der Waals surface area contributed by atoms with Gasteiger partial charge in [0.1, 0.15) is 0 Å². The Hall–Kier alpha value is -1.79. The Labute approximate surface area is 143 Å². The lowest BCUT2D eigenvalue weighted by molar-refractivity contribution is -0.131. The van der Waals surface area contributed by atoms with E-state index in [1.807, 2.05) is 17.0 Å². The van der Waals surface area contributed by atoms with Gasteiger partial charge in [-0.05, 0) is 38.1 Å². The van der Waals surface area contributed by atoms with Crippen molar-refractivity contribution >= 4 is 30.0 Å². The lowest BCUT2D eigenvalue weighted by Crippen LogP contribution is -2.45. The number of hydrogen-bond acceptors (Lipinski definition) is 5. The summed E-state index contributed by atoms with van der Waals surface area (Å²) in [4.78, 5) is 25.2. The van der Waals surface area contributed by atoms with E-state index in [1.54, 1.807) is 19.2 Å². The van der Waals surface area contributed by atoms with E-state index in [1.165, 1.54) is 7.11 Å². The molecule has 0 bridgehead atoms. The van der Waals surface area contributed by atoms with Crippen molar-refractivity contribution in [3.05, 3.63) is 29.8 Å². The monoisotopic (exact) mass is 341 g/mol. The van der Waals surface area contributed by atoms with Crippen LogP contribution in [0.4, 0.5) is 5.69 Å². The summed E-state index contributed by atoms with van der Waals surface area (Å²) in [7, 11) is 3.15. The fraction of sp³-hybridized carbons (Fsp3) is 0.500. The van der Waals surface area contributed by atoms with Crippen LogP contribution in [0.25, 0.3) is 0 Å². The lowest BCUT2D eigenvalue weighted by Gasteiger charge is -2.33. The number of carbonyl (C=O) groups excluding carboxylic acids is 2. The molecule has 1 heterocycles. The Morgan fingerprint density at radius 1 is 1.30 bits per heavy atom. The fourth-order valence-corrected chi connectivity index (χ4v) is 2.63. The topological polar surface area (TPSA) is 70.7 Å². The Kier molecular flexibility index (Phi) is 7.85. The summed E-state index contributed by atoms with van der Waals surface area (Å²) in [6.07, 6.45) is 1.80. The maximum atomic E-state index is 11.8. The van der Waals surface area contributed by atoms with Gasteiger partial charge in [0.15, 0.2) is 0 Å². The van der Waals surface area contributed by atoms with E-state index in [0.717, 1.165) is 31.6 Å². The zero-order chi connectivity index (χ0) is 15.9. The average molecular weight is 342 g/mol. The summed E-state index contributed by atoms with van der Waals surface area (Å²) in [5.74, 6) is -0.190. The van der Waals surface area contributed by atoms with Crippen molar-refractivity contribution in [2.24, 2.45) is 0 Å². The van der Waals surface area contributed by atoms with Crippen LogP contribution in [-0.2, 0) is 9.53 Å². The van der Waals surface area contributed by atoms with Crippen LogP contribution in [0.2, 0.25) is 0 Å². The number of rotatable bonds is 5. The van der Waals surface area contributed by atoms with Crippen LogP contribution >= 0.6 is 12.4 Å². The number of piperidine rings is 1. The molecule has 23 heavy (non-hydrogen) atoms. The van der Waals surface area contributed by atoms with E-state index >= 15 is 0 Å². The van der Waals surface area contributed by atoms with Crippen LogP contribution in [-0.4, -0.2) is 56.6 Å². The van der Waals surface area contributed by atoms with Crippen LogP contribution < -0.4 is 10.6 Å². The molecule has 2 rings (SSSR count). The Morgan fingerprint density at radius 2 is 2.00 bits per heavy atom. The van der Waals surface area contributed by atoms with Gasteiger partial charge in [-0.25, -0.2) is 4.79 Å². The molecule has 128 valence electrons. The van der Waals surface area contributed by atoms with Crippen molar-refractivity contribution < 1.29 is 14.3 Å². The molecule has 1 saturated heterocycles. The molecule has 2 N–H and O–H groups in total. The minimum absolute atomic E-state index is 0. The molecule has 0 radical (unpaired) electrons. The minimum Gasteiger partial charge on any atom is -0.465 e. The number of esters is 1. The first-order valence-corrected chi connectivity index (χ1v) is 7.51. The van der Waals surface area contributed by atoms with Gasteiger partial charge in [0.05, 0.1) is 19.2 Å². The standard InChI is InChI=1S/C16H23N3O3.ClH/c1-17-11-15(20)19-8-6-13(7-9-19)18-14-5-3-4-12(10-14)16(21)22-2;/h3-5,10,13,17-18H,6-9,11H2,1-2H3;1H. The van der Waals surface area contributed by atoms with E-state index in [0.29, 0.717) is 18.2 Å². The van der Waals surface area contributed by atoms with Crippen molar-refractivity contribution in [3.63, 3.8) is 0 Å². The SMILES string of the molecule is CNCC(=O)N1CCC(Nc2cccc(C(=O)OC)c2)CC1.Cl. The van der Waals surface area contributed by atoms with Crippen molar-refractivity contribution in [2.75, 3.05) is 39.1 Å². The minimum atomic E-state index is -0.337. The number of methoxy groups -OCH3 is 1. The van der Waals surface area contributed by atoms with Crippen molar-refractivity contribution in [2.45, 2.75) is 18.9 Å². The highest BCUT2D eigenvalue weighted by Gasteiger charge is 2.22. The number of carbonyl (C=O) groups is 2. The average Bonchev–Trinajstić information content (AvgIpc) is 2.55. The number of nitrogens with zero attached hydrogens (tertiary/aromatic N) is 1. The molecule has 1 aromatic carbocycles. The van der Waals surface area contributed by atoms with Crippen LogP contribution in [0.3, 0.4) is 0 Å². The molecule has 0 unspecified atom stereocenters. The van der Waals surface area contributed by atoms with Crippen molar-refractivity contribution in [3.8, 4) is 0 Å². The Bertz CT molecular complexity index is 531. The van der Waals surface area contributed by atoms with Gasteiger partial charge in [-0.15, -0.1) is 12.4 Å². The second-order valence-corrected chi connectivity index (χ2v) is 5.40. The number of likely N-dealkylation sites (N-methyl/N-ethyl adjacent to an activating group) is 1. The van der Waals surface area contributed by atoms with Crippen LogP contribution in [0.1, 0.15) is 23.2 Å². The number of benzene rings is 1. The Morgan fingerprint density at radius 3 is 2.61 bits per heavy atom. The van der Waals surface area contributed by atoms with Gasteiger partial charge < -0.3 is 20.3 Å². The first kappa shape index (κ1) is 19.3. The van der Waals surface area contributed by atoms with Crippen LogP contribution in [0.15, 0.2) is 24.3 Å². The van der Waals surface area contributed by atoms with E-state index in [4.69, 9.17) is 4.74 Å². The van der Waals surface area contributed by atoms with Gasteiger partial charge in [-0.2, -0.15) is 0 Å². The zero-order valence-corrected chi connectivity index (χ0v) is 14.3. The van der Waals surface area contributed by atoms with Gasteiger partial charge in [0, 0.05) is 24.8 Å². The normalized spacial score (nSPS) is 14.8. The van der Waals surface area contributed by atoms with Crippen molar-refractivity contribution in [1.29, 1.82) is 0 Å². The number of hydrogen-bond donors (Lipinski definition) is 2. The number of halogens is 1. The third-order valence-corrected chi connectivity index (χ3v) is 3.83. The summed E-state index contributed by atoms with van der Waals surface area (Å²) in [6.45, 7) is 1.91. The zero-order valence-electron chi connectivity index (χ0n) is 13.5. The second-order valence-electron chi connectivity index (χ2n) is 5.40. The largest absolute Gasteiger partial charge is 0.465 e. The predicted octanol–water partition coefficient (Wildman–Crippen LogP) is 1.52. The molecule has 1 fully saturated rings. The van der Waals surface area contributed by atoms with Gasteiger partial charge in [0.25, 0.3) is 0 Å². The van der Waals surface area contributed by atoms with E-state index < -0.39 is 0 Å². The quantitative estimate of drug-likeness (QED) is 0.795. The molecule has 0 saturated carbocycles. The van der Waals surface area contributed by atoms with Crippen LogP contribution in [0.5, 0.6) is 0 Å². The molecule has 6 nitrogen and oxygen atoms in total. The van der Waals surface area contributed by atoms with Gasteiger partial charge in [-0.1, -0.05) is 6.07 Å². The summed E-state index contributed by atoms with van der Waals surface area (Å²) in [5.41, 5.74) is 1.44. The smallest absolute Gasteiger partial charge is 0.337 e. The summed E-state index contributed by atoms with van der Waals surface area (Å²) in [6, 6.07) is 7.61. The van der Waals surface area contributed by atoms with E-state index in [-0.39, 0.29) is 24.3 Å². The third-order valence-electron chi connectivity index (χ3n) is 3.83. The first-order chi connectivity index (χ1) is 10.6. The molecule has 7 heteroatoms. The number of ether oxygens (including phenoxy) is 1. The molecule has 0 aromatic heterocycles. The van der Waals surface area contributed by atoms with E-state index in [2.05, 4.69) is 10.6 Å². The van der Waals surface area contributed by atoms with E-state index in [9.17, 15) is 9.59 Å². The lowest BCUT2D eigenvalue weighted by atomic mass is 10.0. The molecular weight excluding hydrogens is 318 g/mol. The summed E-state index contributed by atoms with van der Waals surface area (Å²) < 4.78 is 4.73. The Balaban J connectivity index is 0.00000264. The summed E-state index contributed by atoms with van der Waals surface area (Å²) >= 11 is 0. The second kappa shape index (κ2) is 9.37. The summed E-state index contributed by atoms with van der Waals surface area (Å²) in [5, 5.41) is 6.32. The predicted molar refractivity (Wildman–Crippen MR) is 92.2 cm³/mol.